The van der Waals surface area contributed by atoms with Crippen LogP contribution < -0.4 is 5.32 Å². The van der Waals surface area contributed by atoms with Gasteiger partial charge in [0.2, 0.25) is 0 Å². The van der Waals surface area contributed by atoms with Crippen molar-refractivity contribution in [2.45, 2.75) is 0 Å². The summed E-state index contributed by atoms with van der Waals surface area (Å²) in [7, 11) is 0. The largest absolute Gasteiger partial charge is 0.354 e. The first-order valence-electron chi connectivity index (χ1n) is 5.12. The fourth-order valence-corrected chi connectivity index (χ4v) is 2.52. The number of benzene rings is 2. The van der Waals surface area contributed by atoms with Crippen LogP contribution in [0.3, 0.4) is 0 Å². The van der Waals surface area contributed by atoms with Gasteiger partial charge >= 0.3 is 0 Å². The third-order valence-corrected chi connectivity index (χ3v) is 4.07. The third kappa shape index (κ3) is 3.34. The number of hydrogen-bond donors (Lipinski definition) is 1. The lowest BCUT2D eigenvalue weighted by atomic mass is 10.2. The van der Waals surface area contributed by atoms with Crippen LogP contribution in [0.25, 0.3) is 0 Å². The van der Waals surface area contributed by atoms with Crippen LogP contribution >= 0.6 is 50.7 Å². The Morgan fingerprint density at radius 1 is 1.00 bits per heavy atom. The van der Waals surface area contributed by atoms with E-state index in [1.54, 1.807) is 30.3 Å². The van der Waals surface area contributed by atoms with Crippen molar-refractivity contribution in [1.29, 1.82) is 5.26 Å². The first-order chi connectivity index (χ1) is 9.01. The maximum Gasteiger partial charge on any atom is 0.100 e. The minimum atomic E-state index is 0.401. The summed E-state index contributed by atoms with van der Waals surface area (Å²) in [6.45, 7) is 0. The molecular formula is C13H6BrCl3N2. The summed E-state index contributed by atoms with van der Waals surface area (Å²) in [6, 6.07) is 10.6. The molecule has 2 nitrogen and oxygen atoms in total. The highest BCUT2D eigenvalue weighted by molar-refractivity contribution is 9.10. The van der Waals surface area contributed by atoms with Gasteiger partial charge in [-0.2, -0.15) is 5.26 Å². The zero-order valence-corrected chi connectivity index (χ0v) is 13.2. The van der Waals surface area contributed by atoms with Crippen molar-refractivity contribution in [3.8, 4) is 6.07 Å². The van der Waals surface area contributed by atoms with Gasteiger partial charge < -0.3 is 5.32 Å². The van der Waals surface area contributed by atoms with Crippen LogP contribution in [-0.2, 0) is 0 Å². The Morgan fingerprint density at radius 3 is 2.32 bits per heavy atom. The molecule has 0 bridgehead atoms. The first kappa shape index (κ1) is 14.5. The van der Waals surface area contributed by atoms with Crippen LogP contribution in [0.5, 0.6) is 0 Å². The summed E-state index contributed by atoms with van der Waals surface area (Å²) >= 11 is 21.2. The van der Waals surface area contributed by atoms with E-state index in [2.05, 4.69) is 27.3 Å². The molecule has 0 spiro atoms. The van der Waals surface area contributed by atoms with E-state index in [0.717, 1.165) is 5.69 Å². The molecule has 0 aromatic heterocycles. The lowest BCUT2D eigenvalue weighted by Gasteiger charge is -2.10. The molecule has 0 saturated carbocycles. The van der Waals surface area contributed by atoms with Gasteiger partial charge in [-0.05, 0) is 46.3 Å². The van der Waals surface area contributed by atoms with Gasteiger partial charge in [-0.1, -0.05) is 34.8 Å². The highest BCUT2D eigenvalue weighted by atomic mass is 79.9. The van der Waals surface area contributed by atoms with Gasteiger partial charge in [0, 0.05) is 10.2 Å². The standard InChI is InChI=1S/C13H6BrCl3N2/c14-9-3-8(2-1-7(9)6-18)19-13-5-11(16)10(15)4-12(13)17/h1-5,19H. The average Bonchev–Trinajstić information content (AvgIpc) is 2.36. The molecule has 19 heavy (non-hydrogen) atoms. The molecule has 2 aromatic carbocycles. The van der Waals surface area contributed by atoms with E-state index in [4.69, 9.17) is 40.1 Å². The molecule has 2 rings (SSSR count). The second-order valence-corrected chi connectivity index (χ2v) is 5.75. The van der Waals surface area contributed by atoms with Crippen molar-refractivity contribution in [3.05, 3.63) is 55.4 Å². The van der Waals surface area contributed by atoms with Gasteiger partial charge in [-0.15, -0.1) is 0 Å². The van der Waals surface area contributed by atoms with Crippen LogP contribution in [-0.4, -0.2) is 0 Å². The molecule has 0 heterocycles. The van der Waals surface area contributed by atoms with Crippen molar-refractivity contribution in [1.82, 2.24) is 0 Å². The number of nitrogens with zero attached hydrogens (tertiary/aromatic N) is 1. The number of nitriles is 1. The normalized spacial score (nSPS) is 10.1. The number of rotatable bonds is 2. The summed E-state index contributed by atoms with van der Waals surface area (Å²) in [4.78, 5) is 0. The van der Waals surface area contributed by atoms with E-state index in [9.17, 15) is 0 Å². The van der Waals surface area contributed by atoms with Crippen molar-refractivity contribution in [2.24, 2.45) is 0 Å². The van der Waals surface area contributed by atoms with Crippen molar-refractivity contribution in [3.63, 3.8) is 0 Å². The molecule has 0 radical (unpaired) electrons. The minimum Gasteiger partial charge on any atom is -0.354 e. The molecule has 0 saturated heterocycles. The third-order valence-electron chi connectivity index (χ3n) is 2.38. The van der Waals surface area contributed by atoms with E-state index in [1.165, 1.54) is 0 Å². The number of nitrogens with one attached hydrogen (secondary N) is 1. The van der Waals surface area contributed by atoms with Crippen LogP contribution in [0, 0.1) is 11.3 Å². The van der Waals surface area contributed by atoms with E-state index < -0.39 is 0 Å². The second kappa shape index (κ2) is 6.02. The molecule has 2 aromatic rings. The Hall–Kier alpha value is -0.920. The maximum atomic E-state index is 8.86. The Bertz CT molecular complexity index is 680. The first-order valence-corrected chi connectivity index (χ1v) is 7.05. The zero-order chi connectivity index (χ0) is 14.0. The van der Waals surface area contributed by atoms with Crippen LogP contribution in [0.4, 0.5) is 11.4 Å². The second-order valence-electron chi connectivity index (χ2n) is 3.68. The number of halogens is 4. The van der Waals surface area contributed by atoms with Gasteiger partial charge in [0.05, 0.1) is 26.3 Å². The van der Waals surface area contributed by atoms with Crippen LogP contribution in [0.15, 0.2) is 34.8 Å². The molecular weight excluding hydrogens is 370 g/mol. The van der Waals surface area contributed by atoms with Crippen LogP contribution in [0.1, 0.15) is 5.56 Å². The summed E-state index contributed by atoms with van der Waals surface area (Å²) in [5, 5.41) is 13.3. The predicted molar refractivity (Wildman–Crippen MR) is 83.6 cm³/mol. The topological polar surface area (TPSA) is 35.8 Å². The average molecular weight is 376 g/mol. The van der Waals surface area contributed by atoms with Gasteiger partial charge in [0.1, 0.15) is 6.07 Å². The Morgan fingerprint density at radius 2 is 1.68 bits per heavy atom. The molecule has 0 aliphatic carbocycles. The summed E-state index contributed by atoms with van der Waals surface area (Å²) in [6.07, 6.45) is 0. The fraction of sp³-hybridized carbons (Fsp3) is 0. The van der Waals surface area contributed by atoms with Gasteiger partial charge in [0.25, 0.3) is 0 Å². The maximum absolute atomic E-state index is 8.86. The van der Waals surface area contributed by atoms with Gasteiger partial charge in [-0.3, -0.25) is 0 Å². The monoisotopic (exact) mass is 374 g/mol. The number of anilines is 2. The van der Waals surface area contributed by atoms with Crippen LogP contribution in [0.2, 0.25) is 15.1 Å². The molecule has 0 unspecified atom stereocenters. The van der Waals surface area contributed by atoms with E-state index >= 15 is 0 Å². The van der Waals surface area contributed by atoms with Gasteiger partial charge in [-0.25, -0.2) is 0 Å². The zero-order valence-electron chi connectivity index (χ0n) is 9.35. The molecule has 0 atom stereocenters. The number of hydrogen-bond acceptors (Lipinski definition) is 2. The molecule has 96 valence electrons. The highest BCUT2D eigenvalue weighted by Crippen LogP contribution is 2.34. The minimum absolute atomic E-state index is 0.401. The molecule has 6 heteroatoms. The quantitative estimate of drug-likeness (QED) is 0.650. The molecule has 0 aliphatic rings. The smallest absolute Gasteiger partial charge is 0.100 e. The Kier molecular flexibility index (Phi) is 4.59. The summed E-state index contributed by atoms with van der Waals surface area (Å²) in [5.74, 6) is 0. The molecule has 0 amide bonds. The van der Waals surface area contributed by atoms with E-state index in [0.29, 0.717) is 30.8 Å². The van der Waals surface area contributed by atoms with Crippen molar-refractivity contribution in [2.75, 3.05) is 5.32 Å². The summed E-state index contributed by atoms with van der Waals surface area (Å²) in [5.41, 5.74) is 1.99. The van der Waals surface area contributed by atoms with Crippen molar-refractivity contribution < 1.29 is 0 Å². The molecule has 1 N–H and O–H groups in total. The molecule has 0 aliphatic heterocycles. The predicted octanol–water partition coefficient (Wildman–Crippen LogP) is 6.02. The van der Waals surface area contributed by atoms with E-state index in [1.807, 2.05) is 0 Å². The van der Waals surface area contributed by atoms with Crippen molar-refractivity contribution >= 4 is 62.1 Å². The Balaban J connectivity index is 2.34. The lowest BCUT2D eigenvalue weighted by Crippen LogP contribution is -1.92. The van der Waals surface area contributed by atoms with E-state index in [-0.39, 0.29) is 0 Å². The highest BCUT2D eigenvalue weighted by Gasteiger charge is 2.07. The lowest BCUT2D eigenvalue weighted by molar-refractivity contribution is 1.45. The Labute approximate surface area is 134 Å². The van der Waals surface area contributed by atoms with Gasteiger partial charge in [0.15, 0.2) is 0 Å². The summed E-state index contributed by atoms with van der Waals surface area (Å²) < 4.78 is 0.705. The SMILES string of the molecule is N#Cc1ccc(Nc2cc(Cl)c(Cl)cc2Cl)cc1Br. The molecule has 0 fully saturated rings. The fourth-order valence-electron chi connectivity index (χ4n) is 1.46.